The lowest BCUT2D eigenvalue weighted by Crippen LogP contribution is -2.18. The van der Waals surface area contributed by atoms with Gasteiger partial charge in [0, 0.05) is 12.6 Å². The van der Waals surface area contributed by atoms with E-state index in [1.54, 1.807) is 0 Å². The zero-order valence-corrected chi connectivity index (χ0v) is 7.12. The lowest BCUT2D eigenvalue weighted by atomic mass is 10.1. The molecular weight excluding hydrogens is 138 g/mol. The molecule has 1 aliphatic rings. The molecule has 0 saturated carbocycles. The van der Waals surface area contributed by atoms with Crippen LogP contribution < -0.4 is 5.73 Å². The average molecular weight is 155 g/mol. The molecule has 1 rings (SSSR count). The van der Waals surface area contributed by atoms with Crippen molar-refractivity contribution in [2.45, 2.75) is 38.3 Å². The van der Waals surface area contributed by atoms with Crippen LogP contribution in [0.1, 0.15) is 26.2 Å². The molecule has 2 unspecified atom stereocenters. The molecule has 0 aromatic heterocycles. The summed E-state index contributed by atoms with van der Waals surface area (Å²) < 4.78 is 5.49. The molecule has 64 valence electrons. The van der Waals surface area contributed by atoms with E-state index in [1.807, 2.05) is 13.0 Å². The SMILES string of the molecule is CC(N)/C=C/C1CCCCO1. The zero-order chi connectivity index (χ0) is 8.10. The van der Waals surface area contributed by atoms with Crippen molar-refractivity contribution in [3.63, 3.8) is 0 Å². The number of rotatable bonds is 2. The van der Waals surface area contributed by atoms with Gasteiger partial charge in [-0.3, -0.25) is 0 Å². The highest BCUT2D eigenvalue weighted by Gasteiger charge is 2.09. The van der Waals surface area contributed by atoms with E-state index in [0.717, 1.165) is 13.0 Å². The van der Waals surface area contributed by atoms with Crippen LogP contribution in [0.4, 0.5) is 0 Å². The summed E-state index contributed by atoms with van der Waals surface area (Å²) in [5.74, 6) is 0. The fourth-order valence-corrected chi connectivity index (χ4v) is 1.22. The minimum absolute atomic E-state index is 0.153. The van der Waals surface area contributed by atoms with Crippen molar-refractivity contribution in [3.05, 3.63) is 12.2 Å². The van der Waals surface area contributed by atoms with Gasteiger partial charge in [-0.2, -0.15) is 0 Å². The maximum Gasteiger partial charge on any atom is 0.0756 e. The Kier molecular flexibility index (Phi) is 3.60. The predicted molar refractivity (Wildman–Crippen MR) is 46.4 cm³/mol. The van der Waals surface area contributed by atoms with E-state index < -0.39 is 0 Å². The molecule has 2 N–H and O–H groups in total. The number of nitrogens with two attached hydrogens (primary N) is 1. The molecule has 0 bridgehead atoms. The first-order chi connectivity index (χ1) is 5.29. The van der Waals surface area contributed by atoms with Crippen molar-refractivity contribution in [1.82, 2.24) is 0 Å². The first-order valence-corrected chi connectivity index (χ1v) is 4.34. The Morgan fingerprint density at radius 3 is 2.91 bits per heavy atom. The van der Waals surface area contributed by atoms with Gasteiger partial charge in [-0.15, -0.1) is 0 Å². The van der Waals surface area contributed by atoms with Gasteiger partial charge in [0.1, 0.15) is 0 Å². The van der Waals surface area contributed by atoms with Crippen LogP contribution in [-0.2, 0) is 4.74 Å². The van der Waals surface area contributed by atoms with Gasteiger partial charge in [-0.1, -0.05) is 12.2 Å². The minimum atomic E-state index is 0.153. The van der Waals surface area contributed by atoms with Gasteiger partial charge in [-0.05, 0) is 26.2 Å². The van der Waals surface area contributed by atoms with Crippen molar-refractivity contribution >= 4 is 0 Å². The Hall–Kier alpha value is -0.340. The number of ether oxygens (including phenoxy) is 1. The highest BCUT2D eigenvalue weighted by Crippen LogP contribution is 2.13. The second kappa shape index (κ2) is 4.52. The van der Waals surface area contributed by atoms with Crippen molar-refractivity contribution in [2.24, 2.45) is 5.73 Å². The van der Waals surface area contributed by atoms with Crippen LogP contribution in [0.25, 0.3) is 0 Å². The summed E-state index contributed by atoms with van der Waals surface area (Å²) in [5.41, 5.74) is 5.57. The summed E-state index contributed by atoms with van der Waals surface area (Å²) in [7, 11) is 0. The maximum atomic E-state index is 5.57. The normalized spacial score (nSPS) is 29.1. The highest BCUT2D eigenvalue weighted by atomic mass is 16.5. The molecule has 2 heteroatoms. The van der Waals surface area contributed by atoms with Gasteiger partial charge in [0.05, 0.1) is 6.10 Å². The molecule has 0 spiro atoms. The molecule has 0 radical (unpaired) electrons. The summed E-state index contributed by atoms with van der Waals surface area (Å²) in [6, 6.07) is 0.153. The maximum absolute atomic E-state index is 5.57. The average Bonchev–Trinajstić information content (AvgIpc) is 2.03. The van der Waals surface area contributed by atoms with Crippen molar-refractivity contribution in [2.75, 3.05) is 6.61 Å². The summed E-state index contributed by atoms with van der Waals surface area (Å²) >= 11 is 0. The lowest BCUT2D eigenvalue weighted by molar-refractivity contribution is 0.0464. The Morgan fingerprint density at radius 1 is 1.55 bits per heavy atom. The van der Waals surface area contributed by atoms with Gasteiger partial charge < -0.3 is 10.5 Å². The third-order valence-corrected chi connectivity index (χ3v) is 1.84. The van der Waals surface area contributed by atoms with E-state index in [4.69, 9.17) is 10.5 Å². The number of hydrogen-bond acceptors (Lipinski definition) is 2. The Labute approximate surface area is 68.4 Å². The summed E-state index contributed by atoms with van der Waals surface area (Å²) in [4.78, 5) is 0. The molecule has 2 atom stereocenters. The Balaban J connectivity index is 2.23. The molecule has 0 amide bonds. The third kappa shape index (κ3) is 3.54. The topological polar surface area (TPSA) is 35.2 Å². The summed E-state index contributed by atoms with van der Waals surface area (Å²) in [5, 5.41) is 0. The second-order valence-corrected chi connectivity index (χ2v) is 3.15. The second-order valence-electron chi connectivity index (χ2n) is 3.15. The van der Waals surface area contributed by atoms with E-state index >= 15 is 0 Å². The van der Waals surface area contributed by atoms with Crippen LogP contribution in [0.5, 0.6) is 0 Å². The first kappa shape index (κ1) is 8.75. The molecule has 1 fully saturated rings. The van der Waals surface area contributed by atoms with Crippen LogP contribution >= 0.6 is 0 Å². The third-order valence-electron chi connectivity index (χ3n) is 1.84. The summed E-state index contributed by atoms with van der Waals surface area (Å²) in [6.07, 6.45) is 8.08. The Bertz CT molecular complexity index is 126. The fraction of sp³-hybridized carbons (Fsp3) is 0.778. The van der Waals surface area contributed by atoms with Crippen LogP contribution in [0.2, 0.25) is 0 Å². The van der Waals surface area contributed by atoms with Gasteiger partial charge in [-0.25, -0.2) is 0 Å². The smallest absolute Gasteiger partial charge is 0.0756 e. The van der Waals surface area contributed by atoms with E-state index in [1.165, 1.54) is 12.8 Å². The molecule has 1 saturated heterocycles. The minimum Gasteiger partial charge on any atom is -0.374 e. The molecular formula is C9H17NO. The van der Waals surface area contributed by atoms with Gasteiger partial charge in [0.25, 0.3) is 0 Å². The Morgan fingerprint density at radius 2 is 2.36 bits per heavy atom. The van der Waals surface area contributed by atoms with Crippen LogP contribution in [0.15, 0.2) is 12.2 Å². The van der Waals surface area contributed by atoms with Crippen LogP contribution in [0, 0.1) is 0 Å². The molecule has 2 nitrogen and oxygen atoms in total. The monoisotopic (exact) mass is 155 g/mol. The van der Waals surface area contributed by atoms with Crippen molar-refractivity contribution in [3.8, 4) is 0 Å². The molecule has 1 aliphatic heterocycles. The fourth-order valence-electron chi connectivity index (χ4n) is 1.22. The van der Waals surface area contributed by atoms with E-state index in [-0.39, 0.29) is 6.04 Å². The van der Waals surface area contributed by atoms with Crippen molar-refractivity contribution in [1.29, 1.82) is 0 Å². The van der Waals surface area contributed by atoms with E-state index in [0.29, 0.717) is 6.10 Å². The summed E-state index contributed by atoms with van der Waals surface area (Å²) in [6.45, 7) is 2.88. The highest BCUT2D eigenvalue weighted by molar-refractivity contribution is 4.95. The number of hydrogen-bond donors (Lipinski definition) is 1. The largest absolute Gasteiger partial charge is 0.374 e. The van der Waals surface area contributed by atoms with Crippen LogP contribution in [0.3, 0.4) is 0 Å². The molecule has 0 aliphatic carbocycles. The molecule has 0 aromatic rings. The van der Waals surface area contributed by atoms with Gasteiger partial charge in [0.2, 0.25) is 0 Å². The van der Waals surface area contributed by atoms with Crippen LogP contribution in [-0.4, -0.2) is 18.8 Å². The van der Waals surface area contributed by atoms with Gasteiger partial charge in [0.15, 0.2) is 0 Å². The van der Waals surface area contributed by atoms with E-state index in [9.17, 15) is 0 Å². The van der Waals surface area contributed by atoms with Crippen molar-refractivity contribution < 1.29 is 4.74 Å². The molecule has 1 heterocycles. The first-order valence-electron chi connectivity index (χ1n) is 4.34. The molecule has 0 aromatic carbocycles. The predicted octanol–water partition coefficient (Wildman–Crippen LogP) is 1.46. The van der Waals surface area contributed by atoms with Gasteiger partial charge >= 0.3 is 0 Å². The zero-order valence-electron chi connectivity index (χ0n) is 7.12. The quantitative estimate of drug-likeness (QED) is 0.613. The van der Waals surface area contributed by atoms with E-state index in [2.05, 4.69) is 6.08 Å². The lowest BCUT2D eigenvalue weighted by Gasteiger charge is -2.19. The molecule has 11 heavy (non-hydrogen) atoms. The standard InChI is InChI=1S/C9H17NO/c1-8(10)5-6-9-4-2-3-7-11-9/h5-6,8-9H,2-4,7,10H2,1H3/b6-5+.